The van der Waals surface area contributed by atoms with Crippen LogP contribution < -0.4 is 16.4 Å². The summed E-state index contributed by atoms with van der Waals surface area (Å²) in [6, 6.07) is 7.85. The van der Waals surface area contributed by atoms with E-state index in [1.54, 1.807) is 7.11 Å². The maximum Gasteiger partial charge on any atom is 0.251 e. The number of hydrogen-bond acceptors (Lipinski definition) is 4. The standard InChI is InChI=1S/C16H27N3O2/c1-12(2)18-16(20)13-6-8-14(9-7-13)19-15(11-21-3)5-4-10-17/h6-9,12,15,19H,4-5,10-11,17H2,1-3H3,(H,18,20). The highest BCUT2D eigenvalue weighted by Gasteiger charge is 2.09. The molecule has 118 valence electrons. The van der Waals surface area contributed by atoms with Crippen LogP contribution in [0.1, 0.15) is 37.0 Å². The van der Waals surface area contributed by atoms with Gasteiger partial charge in [-0.15, -0.1) is 0 Å². The van der Waals surface area contributed by atoms with Gasteiger partial charge in [-0.2, -0.15) is 0 Å². The number of amides is 1. The van der Waals surface area contributed by atoms with Gasteiger partial charge in [-0.25, -0.2) is 0 Å². The Morgan fingerprint density at radius 1 is 1.29 bits per heavy atom. The molecule has 5 nitrogen and oxygen atoms in total. The van der Waals surface area contributed by atoms with E-state index >= 15 is 0 Å². The molecule has 0 aliphatic heterocycles. The third-order valence-corrected chi connectivity index (χ3v) is 3.06. The molecular weight excluding hydrogens is 266 g/mol. The zero-order valence-electron chi connectivity index (χ0n) is 13.2. The molecule has 0 spiro atoms. The molecule has 0 bridgehead atoms. The van der Waals surface area contributed by atoms with Crippen LogP contribution in [0.2, 0.25) is 0 Å². The molecule has 0 aliphatic rings. The Morgan fingerprint density at radius 3 is 2.48 bits per heavy atom. The molecular formula is C16H27N3O2. The van der Waals surface area contributed by atoms with Gasteiger partial charge in [0.1, 0.15) is 0 Å². The van der Waals surface area contributed by atoms with Crippen LogP contribution in [0.3, 0.4) is 0 Å². The summed E-state index contributed by atoms with van der Waals surface area (Å²) in [5.41, 5.74) is 7.19. The lowest BCUT2D eigenvalue weighted by molar-refractivity contribution is 0.0943. The number of rotatable bonds is 9. The quantitative estimate of drug-likeness (QED) is 0.651. The maximum atomic E-state index is 11.9. The zero-order valence-corrected chi connectivity index (χ0v) is 13.2. The van der Waals surface area contributed by atoms with Crippen LogP contribution in [-0.2, 0) is 4.74 Å². The van der Waals surface area contributed by atoms with E-state index < -0.39 is 0 Å². The summed E-state index contributed by atoms with van der Waals surface area (Å²) in [4.78, 5) is 11.9. The summed E-state index contributed by atoms with van der Waals surface area (Å²) in [6.07, 6.45) is 1.91. The van der Waals surface area contributed by atoms with Crippen LogP contribution in [0, 0.1) is 0 Å². The molecule has 0 heterocycles. The second kappa shape index (κ2) is 9.37. The first-order valence-corrected chi connectivity index (χ1v) is 7.43. The van der Waals surface area contributed by atoms with E-state index in [2.05, 4.69) is 10.6 Å². The van der Waals surface area contributed by atoms with Crippen molar-refractivity contribution in [1.29, 1.82) is 0 Å². The van der Waals surface area contributed by atoms with Gasteiger partial charge in [0, 0.05) is 30.4 Å². The summed E-state index contributed by atoms with van der Waals surface area (Å²) in [6.45, 7) is 5.20. The summed E-state index contributed by atoms with van der Waals surface area (Å²) >= 11 is 0. The molecule has 0 aromatic heterocycles. The Morgan fingerprint density at radius 2 is 1.95 bits per heavy atom. The molecule has 4 N–H and O–H groups in total. The van der Waals surface area contributed by atoms with Gasteiger partial charge in [-0.05, 0) is 57.5 Å². The Hall–Kier alpha value is -1.59. The average Bonchev–Trinajstić information content (AvgIpc) is 2.45. The Balaban J connectivity index is 2.61. The fourth-order valence-corrected chi connectivity index (χ4v) is 2.06. The lowest BCUT2D eigenvalue weighted by atomic mass is 10.1. The summed E-state index contributed by atoms with van der Waals surface area (Å²) in [7, 11) is 1.69. The first-order valence-electron chi connectivity index (χ1n) is 7.43. The van der Waals surface area contributed by atoms with Gasteiger partial charge in [0.25, 0.3) is 5.91 Å². The monoisotopic (exact) mass is 293 g/mol. The van der Waals surface area contributed by atoms with Gasteiger partial charge in [-0.1, -0.05) is 0 Å². The predicted octanol–water partition coefficient (Wildman–Crippen LogP) is 1.99. The molecule has 1 aromatic carbocycles. The van der Waals surface area contributed by atoms with Gasteiger partial charge < -0.3 is 21.1 Å². The molecule has 0 aliphatic carbocycles. The first kappa shape index (κ1) is 17.5. The summed E-state index contributed by atoms with van der Waals surface area (Å²) < 4.78 is 5.21. The average molecular weight is 293 g/mol. The molecule has 1 unspecified atom stereocenters. The van der Waals surface area contributed by atoms with Crippen molar-refractivity contribution in [3.63, 3.8) is 0 Å². The van der Waals surface area contributed by atoms with Crippen molar-refractivity contribution in [2.75, 3.05) is 25.6 Å². The second-order valence-corrected chi connectivity index (χ2v) is 5.43. The van der Waals surface area contributed by atoms with Crippen LogP contribution >= 0.6 is 0 Å². The molecule has 0 radical (unpaired) electrons. The number of benzene rings is 1. The van der Waals surface area contributed by atoms with Gasteiger partial charge in [-0.3, -0.25) is 4.79 Å². The second-order valence-electron chi connectivity index (χ2n) is 5.43. The maximum absolute atomic E-state index is 11.9. The van der Waals surface area contributed by atoms with Crippen molar-refractivity contribution < 1.29 is 9.53 Å². The van der Waals surface area contributed by atoms with E-state index in [1.807, 2.05) is 38.1 Å². The fraction of sp³-hybridized carbons (Fsp3) is 0.562. The van der Waals surface area contributed by atoms with Crippen molar-refractivity contribution in [3.05, 3.63) is 29.8 Å². The Bertz CT molecular complexity index is 418. The Labute approximate surface area is 127 Å². The highest BCUT2D eigenvalue weighted by atomic mass is 16.5. The third-order valence-electron chi connectivity index (χ3n) is 3.06. The van der Waals surface area contributed by atoms with Gasteiger partial charge >= 0.3 is 0 Å². The number of hydrogen-bond donors (Lipinski definition) is 3. The number of methoxy groups -OCH3 is 1. The number of nitrogens with one attached hydrogen (secondary N) is 2. The van der Waals surface area contributed by atoms with Crippen molar-refractivity contribution in [2.45, 2.75) is 38.8 Å². The number of ether oxygens (including phenoxy) is 1. The van der Waals surface area contributed by atoms with E-state index in [0.29, 0.717) is 18.7 Å². The van der Waals surface area contributed by atoms with Crippen LogP contribution in [0.5, 0.6) is 0 Å². The summed E-state index contributed by atoms with van der Waals surface area (Å²) in [5, 5.41) is 6.28. The molecule has 0 saturated carbocycles. The number of anilines is 1. The summed E-state index contributed by atoms with van der Waals surface area (Å²) in [5.74, 6) is -0.0480. The van der Waals surface area contributed by atoms with Crippen LogP contribution in [0.25, 0.3) is 0 Å². The fourth-order valence-electron chi connectivity index (χ4n) is 2.06. The molecule has 1 rings (SSSR count). The molecule has 0 saturated heterocycles. The Kier molecular flexibility index (Phi) is 7.79. The zero-order chi connectivity index (χ0) is 15.7. The van der Waals surface area contributed by atoms with E-state index in [1.165, 1.54) is 0 Å². The van der Waals surface area contributed by atoms with Crippen molar-refractivity contribution in [1.82, 2.24) is 5.32 Å². The smallest absolute Gasteiger partial charge is 0.251 e. The minimum atomic E-state index is -0.0480. The predicted molar refractivity (Wildman–Crippen MR) is 86.6 cm³/mol. The molecule has 1 amide bonds. The van der Waals surface area contributed by atoms with E-state index in [-0.39, 0.29) is 18.0 Å². The molecule has 0 fully saturated rings. The number of carbonyl (C=O) groups excluding carboxylic acids is 1. The van der Waals surface area contributed by atoms with Crippen LogP contribution in [0.4, 0.5) is 5.69 Å². The molecule has 1 aromatic rings. The SMILES string of the molecule is COCC(CCCN)Nc1ccc(C(=O)NC(C)C)cc1. The molecule has 1 atom stereocenters. The van der Waals surface area contributed by atoms with Crippen molar-refractivity contribution >= 4 is 11.6 Å². The largest absolute Gasteiger partial charge is 0.383 e. The third kappa shape index (κ3) is 6.60. The van der Waals surface area contributed by atoms with Gasteiger partial charge in [0.15, 0.2) is 0 Å². The van der Waals surface area contributed by atoms with E-state index in [0.717, 1.165) is 18.5 Å². The van der Waals surface area contributed by atoms with E-state index in [9.17, 15) is 4.79 Å². The van der Waals surface area contributed by atoms with Crippen molar-refractivity contribution in [3.8, 4) is 0 Å². The minimum absolute atomic E-state index is 0.0480. The highest BCUT2D eigenvalue weighted by molar-refractivity contribution is 5.94. The van der Waals surface area contributed by atoms with Crippen molar-refractivity contribution in [2.24, 2.45) is 5.73 Å². The number of carbonyl (C=O) groups is 1. The molecule has 21 heavy (non-hydrogen) atoms. The van der Waals surface area contributed by atoms with Gasteiger partial charge in [0.05, 0.1) is 6.61 Å². The van der Waals surface area contributed by atoms with Crippen LogP contribution in [0.15, 0.2) is 24.3 Å². The van der Waals surface area contributed by atoms with Gasteiger partial charge in [0.2, 0.25) is 0 Å². The lowest BCUT2D eigenvalue weighted by Crippen LogP contribution is -2.30. The number of nitrogens with two attached hydrogens (primary N) is 1. The lowest BCUT2D eigenvalue weighted by Gasteiger charge is -2.19. The first-order chi connectivity index (χ1) is 10.1. The van der Waals surface area contributed by atoms with E-state index in [4.69, 9.17) is 10.5 Å². The normalized spacial score (nSPS) is 12.2. The topological polar surface area (TPSA) is 76.4 Å². The molecule has 5 heteroatoms. The highest BCUT2D eigenvalue weighted by Crippen LogP contribution is 2.13. The minimum Gasteiger partial charge on any atom is -0.383 e. The van der Waals surface area contributed by atoms with Crippen LogP contribution in [-0.4, -0.2) is 38.3 Å².